The van der Waals surface area contributed by atoms with Crippen molar-refractivity contribution in [3.63, 3.8) is 0 Å². The zero-order chi connectivity index (χ0) is 12.8. The maximum absolute atomic E-state index is 11.7. The predicted octanol–water partition coefficient (Wildman–Crippen LogP) is 1.01. The summed E-state index contributed by atoms with van der Waals surface area (Å²) in [6.07, 6.45) is 0. The van der Waals surface area contributed by atoms with Crippen LogP contribution in [-0.4, -0.2) is 35.3 Å². The van der Waals surface area contributed by atoms with Crippen molar-refractivity contribution in [2.24, 2.45) is 0 Å². The molecule has 6 heteroatoms. The number of aromatic hydroxyl groups is 1. The number of amides is 2. The minimum Gasteiger partial charge on any atom is -0.508 e. The summed E-state index contributed by atoms with van der Waals surface area (Å²) in [6, 6.07) is 5.68. The van der Waals surface area contributed by atoms with Crippen molar-refractivity contribution < 1.29 is 19.8 Å². The Kier molecular flexibility index (Phi) is 4.33. The van der Waals surface area contributed by atoms with Crippen LogP contribution in [0.1, 0.15) is 6.92 Å². The number of carboxylic acid groups (broad SMARTS) is 1. The van der Waals surface area contributed by atoms with Crippen molar-refractivity contribution in [3.8, 4) is 5.75 Å². The lowest BCUT2D eigenvalue weighted by Gasteiger charge is -2.21. The molecule has 0 aliphatic heterocycles. The second-order valence-electron chi connectivity index (χ2n) is 3.32. The van der Waals surface area contributed by atoms with Crippen LogP contribution in [0.3, 0.4) is 0 Å². The zero-order valence-electron chi connectivity index (χ0n) is 9.38. The molecule has 1 aromatic rings. The van der Waals surface area contributed by atoms with Crippen LogP contribution in [0.5, 0.6) is 5.75 Å². The van der Waals surface area contributed by atoms with Gasteiger partial charge in [0.1, 0.15) is 12.3 Å². The molecule has 92 valence electrons. The Hall–Kier alpha value is -2.24. The van der Waals surface area contributed by atoms with Gasteiger partial charge in [0.15, 0.2) is 0 Å². The van der Waals surface area contributed by atoms with Gasteiger partial charge in [-0.1, -0.05) is 6.07 Å². The molecule has 0 bridgehead atoms. The van der Waals surface area contributed by atoms with Crippen LogP contribution in [0, 0.1) is 0 Å². The molecule has 0 spiro atoms. The van der Waals surface area contributed by atoms with Crippen LogP contribution in [-0.2, 0) is 4.79 Å². The Morgan fingerprint density at radius 2 is 2.12 bits per heavy atom. The lowest BCUT2D eigenvalue weighted by molar-refractivity contribution is -0.135. The fraction of sp³-hybridized carbons (Fsp3) is 0.273. The first-order valence-electron chi connectivity index (χ1n) is 5.10. The van der Waals surface area contributed by atoms with Gasteiger partial charge in [0.25, 0.3) is 0 Å². The molecule has 0 atom stereocenters. The molecule has 1 aromatic carbocycles. The Morgan fingerprint density at radius 3 is 2.65 bits per heavy atom. The number of aliphatic carboxylic acids is 1. The van der Waals surface area contributed by atoms with Crippen molar-refractivity contribution in [3.05, 3.63) is 24.3 Å². The highest BCUT2D eigenvalue weighted by molar-refractivity contribution is 5.93. The molecule has 6 nitrogen and oxygen atoms in total. The van der Waals surface area contributed by atoms with Crippen molar-refractivity contribution in [2.75, 3.05) is 18.0 Å². The molecule has 0 saturated heterocycles. The van der Waals surface area contributed by atoms with E-state index < -0.39 is 18.5 Å². The summed E-state index contributed by atoms with van der Waals surface area (Å²) in [5.41, 5.74) is 0.510. The van der Waals surface area contributed by atoms with E-state index in [1.807, 2.05) is 0 Å². The topological polar surface area (TPSA) is 89.9 Å². The maximum Gasteiger partial charge on any atom is 0.323 e. The molecular weight excluding hydrogens is 224 g/mol. The normalized spacial score (nSPS) is 9.71. The second kappa shape index (κ2) is 5.74. The summed E-state index contributed by atoms with van der Waals surface area (Å²) < 4.78 is 0. The van der Waals surface area contributed by atoms with Crippen molar-refractivity contribution in [1.82, 2.24) is 5.32 Å². The van der Waals surface area contributed by atoms with Gasteiger partial charge in [0, 0.05) is 18.3 Å². The van der Waals surface area contributed by atoms with Gasteiger partial charge in [0.05, 0.1) is 0 Å². The Bertz CT molecular complexity index is 420. The van der Waals surface area contributed by atoms with E-state index in [0.717, 1.165) is 0 Å². The van der Waals surface area contributed by atoms with Gasteiger partial charge in [-0.05, 0) is 19.1 Å². The van der Waals surface area contributed by atoms with E-state index in [1.54, 1.807) is 19.1 Å². The molecular formula is C11H14N2O4. The number of phenolic OH excluding ortho intramolecular Hbond substituents is 1. The van der Waals surface area contributed by atoms with Crippen LogP contribution in [0.2, 0.25) is 0 Å². The summed E-state index contributed by atoms with van der Waals surface area (Å²) in [5, 5.41) is 20.0. The third-order valence-corrected chi connectivity index (χ3v) is 2.09. The zero-order valence-corrected chi connectivity index (χ0v) is 9.38. The number of nitrogens with zero attached hydrogens (tertiary/aromatic N) is 1. The molecule has 0 heterocycles. The highest BCUT2D eigenvalue weighted by Crippen LogP contribution is 2.19. The molecule has 0 aliphatic carbocycles. The lowest BCUT2D eigenvalue weighted by Crippen LogP contribution is -2.42. The first-order valence-corrected chi connectivity index (χ1v) is 5.10. The van der Waals surface area contributed by atoms with E-state index in [0.29, 0.717) is 12.2 Å². The lowest BCUT2D eigenvalue weighted by atomic mass is 10.3. The highest BCUT2D eigenvalue weighted by Gasteiger charge is 2.14. The average molecular weight is 238 g/mol. The first-order chi connectivity index (χ1) is 8.04. The van der Waals surface area contributed by atoms with E-state index >= 15 is 0 Å². The van der Waals surface area contributed by atoms with Crippen LogP contribution in [0.25, 0.3) is 0 Å². The molecule has 1 rings (SSSR count). The number of benzene rings is 1. The Labute approximate surface area is 98.5 Å². The molecule has 17 heavy (non-hydrogen) atoms. The number of phenols is 1. The van der Waals surface area contributed by atoms with Crippen LogP contribution < -0.4 is 10.2 Å². The number of nitrogens with one attached hydrogen (secondary N) is 1. The van der Waals surface area contributed by atoms with E-state index in [4.69, 9.17) is 5.11 Å². The molecule has 2 amide bonds. The number of rotatable bonds is 4. The fourth-order valence-corrected chi connectivity index (χ4v) is 1.35. The van der Waals surface area contributed by atoms with E-state index in [9.17, 15) is 14.7 Å². The third-order valence-electron chi connectivity index (χ3n) is 2.09. The van der Waals surface area contributed by atoms with Crippen LogP contribution >= 0.6 is 0 Å². The molecule has 0 unspecified atom stereocenters. The number of anilines is 1. The first kappa shape index (κ1) is 12.8. The molecule has 0 aliphatic rings. The maximum atomic E-state index is 11.7. The number of carbonyl (C=O) groups is 2. The van der Waals surface area contributed by atoms with Crippen molar-refractivity contribution >= 4 is 17.7 Å². The smallest absolute Gasteiger partial charge is 0.323 e. The fourth-order valence-electron chi connectivity index (χ4n) is 1.35. The van der Waals surface area contributed by atoms with Gasteiger partial charge >= 0.3 is 12.0 Å². The van der Waals surface area contributed by atoms with Crippen molar-refractivity contribution in [2.45, 2.75) is 6.92 Å². The summed E-state index contributed by atoms with van der Waals surface area (Å²) in [5.74, 6) is -1.06. The summed E-state index contributed by atoms with van der Waals surface area (Å²) in [4.78, 5) is 23.3. The molecule has 0 saturated carbocycles. The number of carboxylic acids is 1. The minimum absolute atomic E-state index is 0.0481. The van der Waals surface area contributed by atoms with Gasteiger partial charge in [-0.25, -0.2) is 4.79 Å². The van der Waals surface area contributed by atoms with Gasteiger partial charge in [0.2, 0.25) is 0 Å². The van der Waals surface area contributed by atoms with Gasteiger partial charge in [-0.15, -0.1) is 0 Å². The van der Waals surface area contributed by atoms with Crippen LogP contribution in [0.15, 0.2) is 24.3 Å². The quantitative estimate of drug-likeness (QED) is 0.730. The second-order valence-corrected chi connectivity index (χ2v) is 3.32. The molecule has 0 fully saturated rings. The third kappa shape index (κ3) is 3.67. The average Bonchev–Trinajstić information content (AvgIpc) is 2.27. The van der Waals surface area contributed by atoms with E-state index in [2.05, 4.69) is 5.32 Å². The number of hydrogen-bond donors (Lipinski definition) is 3. The summed E-state index contributed by atoms with van der Waals surface area (Å²) >= 11 is 0. The monoisotopic (exact) mass is 238 g/mol. The SMILES string of the molecule is CCN(C(=O)NCC(=O)O)c1cccc(O)c1. The Balaban J connectivity index is 2.77. The molecule has 0 radical (unpaired) electrons. The molecule has 3 N–H and O–H groups in total. The highest BCUT2D eigenvalue weighted by atomic mass is 16.4. The largest absolute Gasteiger partial charge is 0.508 e. The van der Waals surface area contributed by atoms with Crippen molar-refractivity contribution in [1.29, 1.82) is 0 Å². The predicted molar refractivity (Wildman–Crippen MR) is 62.2 cm³/mol. The summed E-state index contributed by atoms with van der Waals surface area (Å²) in [7, 11) is 0. The molecule has 0 aromatic heterocycles. The number of hydrogen-bond acceptors (Lipinski definition) is 3. The Morgan fingerprint density at radius 1 is 1.41 bits per heavy atom. The van der Waals surface area contributed by atoms with Gasteiger partial charge in [-0.3, -0.25) is 9.69 Å². The van der Waals surface area contributed by atoms with Gasteiger partial charge in [-0.2, -0.15) is 0 Å². The van der Waals surface area contributed by atoms with Gasteiger partial charge < -0.3 is 15.5 Å². The number of urea groups is 1. The summed E-state index contributed by atoms with van der Waals surface area (Å²) in [6.45, 7) is 1.69. The van der Waals surface area contributed by atoms with E-state index in [-0.39, 0.29) is 5.75 Å². The number of carbonyl (C=O) groups excluding carboxylic acids is 1. The van der Waals surface area contributed by atoms with E-state index in [1.165, 1.54) is 17.0 Å². The minimum atomic E-state index is -1.11. The van der Waals surface area contributed by atoms with Crippen LogP contribution in [0.4, 0.5) is 10.5 Å². The standard InChI is InChI=1S/C11H14N2O4/c1-2-13(11(17)12-7-10(15)16)8-4-3-5-9(14)6-8/h3-6,14H,2,7H2,1H3,(H,12,17)(H,15,16).